The van der Waals surface area contributed by atoms with E-state index in [1.165, 1.54) is 16.7 Å². The summed E-state index contributed by atoms with van der Waals surface area (Å²) in [4.78, 5) is 35.1. The topological polar surface area (TPSA) is 97.6 Å². The Morgan fingerprint density at radius 1 is 1.33 bits per heavy atom. The summed E-state index contributed by atoms with van der Waals surface area (Å²) < 4.78 is 21.4. The molecule has 1 saturated heterocycles. The lowest BCUT2D eigenvalue weighted by Gasteiger charge is -2.32. The molecular formula is C20H18ClFN4O4. The number of nitrogens with zero attached hydrogens (tertiary/aromatic N) is 4. The van der Waals surface area contributed by atoms with Crippen LogP contribution in [0, 0.1) is 12.7 Å². The zero-order chi connectivity index (χ0) is 21.6. The minimum Gasteiger partial charge on any atom is -0.479 e. The molecule has 0 aliphatic carbocycles. The van der Waals surface area contributed by atoms with Crippen LogP contribution in [0.2, 0.25) is 5.02 Å². The Hall–Kier alpha value is -3.04. The quantitative estimate of drug-likeness (QED) is 0.678. The largest absolute Gasteiger partial charge is 0.479 e. The highest BCUT2D eigenvalue weighted by Gasteiger charge is 2.28. The second-order valence-corrected chi connectivity index (χ2v) is 7.45. The first-order valence-corrected chi connectivity index (χ1v) is 9.57. The second-order valence-electron chi connectivity index (χ2n) is 7.01. The molecule has 3 aromatic rings. The van der Waals surface area contributed by atoms with Crippen molar-refractivity contribution in [3.63, 3.8) is 0 Å². The summed E-state index contributed by atoms with van der Waals surface area (Å²) in [5.41, 5.74) is 0.231. The molecule has 1 aromatic carbocycles. The maximum absolute atomic E-state index is 14.8. The minimum absolute atomic E-state index is 0.0696. The molecule has 4 rings (SSSR count). The monoisotopic (exact) mass is 432 g/mol. The number of aryl methyl sites for hydroxylation is 1. The molecule has 0 spiro atoms. The molecule has 0 amide bonds. The minimum atomic E-state index is -1.08. The van der Waals surface area contributed by atoms with Gasteiger partial charge in [0.15, 0.2) is 6.10 Å². The summed E-state index contributed by atoms with van der Waals surface area (Å²) >= 11 is 5.88. The smallest absolute Gasteiger partial charge is 0.334 e. The number of halogens is 2. The third kappa shape index (κ3) is 3.50. The van der Waals surface area contributed by atoms with E-state index in [1.807, 2.05) is 0 Å². The number of benzene rings is 1. The molecular weight excluding hydrogens is 415 g/mol. The van der Waals surface area contributed by atoms with E-state index < -0.39 is 17.9 Å². The number of aromatic nitrogens is 3. The van der Waals surface area contributed by atoms with E-state index >= 15 is 0 Å². The van der Waals surface area contributed by atoms with Crippen LogP contribution in [0.5, 0.6) is 0 Å². The lowest BCUT2D eigenvalue weighted by Crippen LogP contribution is -2.46. The zero-order valence-electron chi connectivity index (χ0n) is 16.2. The highest BCUT2D eigenvalue weighted by molar-refractivity contribution is 6.30. The van der Waals surface area contributed by atoms with E-state index in [2.05, 4.69) is 9.97 Å². The highest BCUT2D eigenvalue weighted by atomic mass is 35.5. The Labute approximate surface area is 175 Å². The molecule has 1 atom stereocenters. The number of aliphatic carboxylic acids is 1. The number of hydrogen-bond acceptors (Lipinski definition) is 6. The molecule has 2 aromatic heterocycles. The fraction of sp³-hybridized carbons (Fsp3) is 0.300. The van der Waals surface area contributed by atoms with Crippen LogP contribution < -0.4 is 10.5 Å². The third-order valence-electron chi connectivity index (χ3n) is 5.12. The Bertz CT molecular complexity index is 1230. The molecule has 10 heteroatoms. The maximum Gasteiger partial charge on any atom is 0.334 e. The third-order valence-corrected chi connectivity index (χ3v) is 5.36. The summed E-state index contributed by atoms with van der Waals surface area (Å²) in [6.45, 7) is 2.36. The van der Waals surface area contributed by atoms with Gasteiger partial charge in [-0.15, -0.1) is 0 Å². The number of carboxylic acid groups (broad SMARTS) is 1. The van der Waals surface area contributed by atoms with Crippen molar-refractivity contribution in [3.05, 3.63) is 51.3 Å². The summed E-state index contributed by atoms with van der Waals surface area (Å²) in [5, 5.41) is 9.68. The fourth-order valence-corrected chi connectivity index (χ4v) is 3.59. The molecule has 30 heavy (non-hydrogen) atoms. The van der Waals surface area contributed by atoms with E-state index in [9.17, 15) is 19.1 Å². The van der Waals surface area contributed by atoms with Crippen molar-refractivity contribution in [2.24, 2.45) is 7.05 Å². The molecule has 8 nitrogen and oxygen atoms in total. The summed E-state index contributed by atoms with van der Waals surface area (Å²) in [6, 6.07) is 5.74. The van der Waals surface area contributed by atoms with Gasteiger partial charge in [-0.25, -0.2) is 19.2 Å². The Balaban J connectivity index is 1.97. The van der Waals surface area contributed by atoms with E-state index in [0.717, 1.165) is 6.07 Å². The first-order valence-electron chi connectivity index (χ1n) is 9.19. The van der Waals surface area contributed by atoms with Crippen molar-refractivity contribution >= 4 is 34.3 Å². The lowest BCUT2D eigenvalue weighted by molar-refractivity contribution is -0.150. The summed E-state index contributed by atoms with van der Waals surface area (Å²) in [7, 11) is 1.58. The normalized spacial score (nSPS) is 16.8. The Morgan fingerprint density at radius 2 is 2.10 bits per heavy atom. The number of fused-ring (bicyclic) bond motifs is 1. The van der Waals surface area contributed by atoms with Gasteiger partial charge in [0.25, 0.3) is 5.56 Å². The first-order chi connectivity index (χ1) is 14.3. The molecule has 156 valence electrons. The van der Waals surface area contributed by atoms with Gasteiger partial charge in [-0.2, -0.15) is 0 Å². The van der Waals surface area contributed by atoms with Crippen LogP contribution in [-0.4, -0.2) is 51.4 Å². The first kappa shape index (κ1) is 20.2. The molecule has 3 heterocycles. The van der Waals surface area contributed by atoms with Crippen LogP contribution in [0.15, 0.2) is 29.1 Å². The Kier molecular flexibility index (Phi) is 5.17. The van der Waals surface area contributed by atoms with Gasteiger partial charge in [-0.3, -0.25) is 9.36 Å². The summed E-state index contributed by atoms with van der Waals surface area (Å²) in [6.07, 6.45) is -1.01. The average molecular weight is 433 g/mol. The number of carboxylic acids is 1. The predicted molar refractivity (Wildman–Crippen MR) is 110 cm³/mol. The van der Waals surface area contributed by atoms with Gasteiger partial charge in [0.2, 0.25) is 0 Å². The van der Waals surface area contributed by atoms with Crippen molar-refractivity contribution in [2.45, 2.75) is 13.0 Å². The van der Waals surface area contributed by atoms with Crippen LogP contribution in [0.25, 0.3) is 22.2 Å². The number of morpholine rings is 1. The van der Waals surface area contributed by atoms with E-state index in [1.54, 1.807) is 24.9 Å². The molecule has 0 saturated carbocycles. The number of anilines is 1. The van der Waals surface area contributed by atoms with Crippen LogP contribution in [0.4, 0.5) is 10.2 Å². The lowest BCUT2D eigenvalue weighted by atomic mass is 10.1. The molecule has 1 aliphatic rings. The average Bonchev–Trinajstić information content (AvgIpc) is 2.71. The van der Waals surface area contributed by atoms with Crippen LogP contribution in [0.1, 0.15) is 5.82 Å². The van der Waals surface area contributed by atoms with Crippen molar-refractivity contribution in [2.75, 3.05) is 24.6 Å². The van der Waals surface area contributed by atoms with Gasteiger partial charge >= 0.3 is 5.97 Å². The van der Waals surface area contributed by atoms with Gasteiger partial charge in [0, 0.05) is 30.2 Å². The molecule has 0 bridgehead atoms. The number of hydrogen-bond donors (Lipinski definition) is 1. The van der Waals surface area contributed by atoms with Crippen molar-refractivity contribution in [1.82, 2.24) is 14.5 Å². The fourth-order valence-electron chi connectivity index (χ4n) is 3.43. The summed E-state index contributed by atoms with van der Waals surface area (Å²) in [5.74, 6) is -0.826. The number of carbonyl (C=O) groups is 1. The molecule has 1 unspecified atom stereocenters. The highest BCUT2D eigenvalue weighted by Crippen LogP contribution is 2.31. The van der Waals surface area contributed by atoms with E-state index in [4.69, 9.17) is 16.3 Å². The van der Waals surface area contributed by atoms with E-state index in [0.29, 0.717) is 23.7 Å². The number of rotatable bonds is 3. The van der Waals surface area contributed by atoms with Crippen molar-refractivity contribution in [1.29, 1.82) is 0 Å². The SMILES string of the molecule is Cc1nc2cc(N3CCOC(C(=O)O)C3)nc(-c3ccc(Cl)cc3F)c2c(=O)n1C. The maximum atomic E-state index is 14.8. The van der Waals surface area contributed by atoms with Crippen molar-refractivity contribution in [3.8, 4) is 11.3 Å². The van der Waals surface area contributed by atoms with Gasteiger partial charge in [-0.1, -0.05) is 11.6 Å². The molecule has 0 radical (unpaired) electrons. The Morgan fingerprint density at radius 3 is 2.80 bits per heavy atom. The zero-order valence-corrected chi connectivity index (χ0v) is 17.0. The van der Waals surface area contributed by atoms with Crippen LogP contribution >= 0.6 is 11.6 Å². The van der Waals surface area contributed by atoms with Gasteiger partial charge < -0.3 is 14.7 Å². The second kappa shape index (κ2) is 7.66. The molecule has 1 aliphatic heterocycles. The molecule has 1 fully saturated rings. The van der Waals surface area contributed by atoms with Crippen molar-refractivity contribution < 1.29 is 19.0 Å². The molecule has 1 N–H and O–H groups in total. The van der Waals surface area contributed by atoms with Gasteiger partial charge in [-0.05, 0) is 25.1 Å². The van der Waals surface area contributed by atoms with Crippen LogP contribution in [-0.2, 0) is 16.6 Å². The predicted octanol–water partition coefficient (Wildman–Crippen LogP) is 2.39. The van der Waals surface area contributed by atoms with Gasteiger partial charge in [0.1, 0.15) is 17.5 Å². The van der Waals surface area contributed by atoms with E-state index in [-0.39, 0.29) is 40.4 Å². The number of pyridine rings is 1. The standard InChI is InChI=1S/C20H18ClFN4O4/c1-10-23-14-8-16(26-5-6-30-15(9-26)20(28)29)24-18(17(14)19(27)25(10)2)12-4-3-11(21)7-13(12)22/h3-4,7-8,15H,5-6,9H2,1-2H3,(H,28,29). The number of ether oxygens (including phenoxy) is 1. The van der Waals surface area contributed by atoms with Gasteiger partial charge in [0.05, 0.1) is 29.7 Å². The van der Waals surface area contributed by atoms with Crippen LogP contribution in [0.3, 0.4) is 0 Å².